The highest BCUT2D eigenvalue weighted by Gasteiger charge is 2.19. The Morgan fingerprint density at radius 1 is 0.349 bits per heavy atom. The number of ether oxygens (including phenoxy) is 3. The summed E-state index contributed by atoms with van der Waals surface area (Å²) in [5, 5.41) is 0. The summed E-state index contributed by atoms with van der Waals surface area (Å²) < 4.78 is 16.7. The molecule has 0 saturated carbocycles. The van der Waals surface area contributed by atoms with Crippen molar-refractivity contribution >= 4 is 17.9 Å². The molecule has 0 heterocycles. The number of hydrogen-bond donors (Lipinski definition) is 0. The van der Waals surface area contributed by atoms with Crippen LogP contribution in [0.4, 0.5) is 0 Å². The second kappa shape index (κ2) is 50.7. The van der Waals surface area contributed by atoms with Crippen LogP contribution in [0.1, 0.15) is 213 Å². The fraction of sp³-hybridized carbons (Fsp3) is 0.632. The van der Waals surface area contributed by atoms with Crippen LogP contribution in [0.3, 0.4) is 0 Å². The van der Waals surface area contributed by atoms with Crippen molar-refractivity contribution in [3.8, 4) is 0 Å². The smallest absolute Gasteiger partial charge is 0.306 e. The fourth-order valence-corrected chi connectivity index (χ4v) is 6.60. The van der Waals surface area contributed by atoms with Crippen LogP contribution in [0.2, 0.25) is 0 Å². The summed E-state index contributed by atoms with van der Waals surface area (Å²) in [6.45, 7) is 6.30. The predicted octanol–water partition coefficient (Wildman–Crippen LogP) is 16.8. The molecule has 6 heteroatoms. The van der Waals surface area contributed by atoms with E-state index in [4.69, 9.17) is 14.2 Å². The molecule has 1 unspecified atom stereocenters. The Hall–Kier alpha value is -3.93. The molecule has 1 atom stereocenters. The zero-order chi connectivity index (χ0) is 45.8. The van der Waals surface area contributed by atoms with Crippen molar-refractivity contribution in [1.29, 1.82) is 0 Å². The van der Waals surface area contributed by atoms with Gasteiger partial charge in [-0.1, -0.05) is 226 Å². The minimum atomic E-state index is -0.813. The van der Waals surface area contributed by atoms with Crippen LogP contribution in [0.15, 0.2) is 109 Å². The van der Waals surface area contributed by atoms with E-state index in [0.29, 0.717) is 12.8 Å². The molecule has 6 nitrogen and oxygen atoms in total. The zero-order valence-corrected chi connectivity index (χ0v) is 40.5. The van der Waals surface area contributed by atoms with Crippen molar-refractivity contribution in [3.05, 3.63) is 109 Å². The molecular formula is C57H92O6. The summed E-state index contributed by atoms with van der Waals surface area (Å²) in [5.74, 6) is -0.995. The monoisotopic (exact) mass is 873 g/mol. The van der Waals surface area contributed by atoms with Gasteiger partial charge in [-0.3, -0.25) is 14.4 Å². The molecule has 0 aliphatic carbocycles. The van der Waals surface area contributed by atoms with Crippen LogP contribution in [-0.4, -0.2) is 37.2 Å². The van der Waals surface area contributed by atoms with Gasteiger partial charge in [0.1, 0.15) is 13.2 Å². The molecule has 0 N–H and O–H groups in total. The van der Waals surface area contributed by atoms with Crippen molar-refractivity contribution in [2.45, 2.75) is 219 Å². The molecule has 0 aromatic carbocycles. The lowest BCUT2D eigenvalue weighted by Crippen LogP contribution is -2.30. The molecule has 0 fully saturated rings. The maximum atomic E-state index is 12.8. The van der Waals surface area contributed by atoms with E-state index in [1.807, 2.05) is 24.3 Å². The normalized spacial score (nSPS) is 13.0. The predicted molar refractivity (Wildman–Crippen MR) is 270 cm³/mol. The van der Waals surface area contributed by atoms with Gasteiger partial charge in [-0.15, -0.1) is 0 Å². The first-order valence-corrected chi connectivity index (χ1v) is 25.4. The first-order chi connectivity index (χ1) is 31.0. The molecule has 0 aliphatic heterocycles. The molecule has 0 aromatic heterocycles. The average Bonchev–Trinajstić information content (AvgIpc) is 3.28. The highest BCUT2D eigenvalue weighted by atomic mass is 16.6. The molecule has 0 aliphatic rings. The number of carbonyl (C=O) groups excluding carboxylic acids is 3. The molecule has 0 bridgehead atoms. The van der Waals surface area contributed by atoms with Gasteiger partial charge in [0.2, 0.25) is 0 Å². The Bertz CT molecular complexity index is 1330. The van der Waals surface area contributed by atoms with Crippen LogP contribution < -0.4 is 0 Å². The van der Waals surface area contributed by atoms with E-state index in [-0.39, 0.29) is 44.0 Å². The van der Waals surface area contributed by atoms with E-state index in [1.165, 1.54) is 64.2 Å². The summed E-state index contributed by atoms with van der Waals surface area (Å²) in [6.07, 6.45) is 67.9. The van der Waals surface area contributed by atoms with Crippen LogP contribution in [0.5, 0.6) is 0 Å². The van der Waals surface area contributed by atoms with Gasteiger partial charge in [0.05, 0.1) is 0 Å². The summed E-state index contributed by atoms with van der Waals surface area (Å²) >= 11 is 0. The number of unbranched alkanes of at least 4 members (excludes halogenated alkanes) is 18. The Morgan fingerprint density at radius 3 is 1.21 bits per heavy atom. The van der Waals surface area contributed by atoms with Crippen molar-refractivity contribution in [2.24, 2.45) is 0 Å². The van der Waals surface area contributed by atoms with Gasteiger partial charge >= 0.3 is 17.9 Å². The number of esters is 3. The lowest BCUT2D eigenvalue weighted by atomic mass is 10.0. The first-order valence-electron chi connectivity index (χ1n) is 25.4. The van der Waals surface area contributed by atoms with Gasteiger partial charge in [0.25, 0.3) is 0 Å². The third kappa shape index (κ3) is 49.0. The Labute approximate surface area is 387 Å². The molecule has 63 heavy (non-hydrogen) atoms. The van der Waals surface area contributed by atoms with E-state index in [2.05, 4.69) is 106 Å². The van der Waals surface area contributed by atoms with Gasteiger partial charge in [0, 0.05) is 19.3 Å². The Balaban J connectivity index is 4.53. The van der Waals surface area contributed by atoms with Gasteiger partial charge < -0.3 is 14.2 Å². The van der Waals surface area contributed by atoms with Crippen LogP contribution in [0.25, 0.3) is 0 Å². The summed E-state index contributed by atoms with van der Waals surface area (Å²) in [4.78, 5) is 37.9. The zero-order valence-electron chi connectivity index (χ0n) is 40.5. The van der Waals surface area contributed by atoms with Crippen molar-refractivity contribution in [3.63, 3.8) is 0 Å². The minimum absolute atomic E-state index is 0.106. The van der Waals surface area contributed by atoms with Crippen molar-refractivity contribution in [2.75, 3.05) is 13.2 Å². The fourth-order valence-electron chi connectivity index (χ4n) is 6.60. The lowest BCUT2D eigenvalue weighted by molar-refractivity contribution is -0.167. The molecule has 0 spiro atoms. The summed E-state index contributed by atoms with van der Waals surface area (Å²) in [5.41, 5.74) is 0. The number of allylic oxidation sites excluding steroid dienone is 18. The summed E-state index contributed by atoms with van der Waals surface area (Å²) in [7, 11) is 0. The van der Waals surface area contributed by atoms with E-state index in [0.717, 1.165) is 103 Å². The van der Waals surface area contributed by atoms with E-state index < -0.39 is 6.10 Å². The van der Waals surface area contributed by atoms with Crippen molar-refractivity contribution in [1.82, 2.24) is 0 Å². The minimum Gasteiger partial charge on any atom is -0.462 e. The van der Waals surface area contributed by atoms with Gasteiger partial charge in [0.15, 0.2) is 6.10 Å². The molecular weight excluding hydrogens is 781 g/mol. The SMILES string of the molecule is CC\C=C/C=C\C=C/C=C\CCCCCCCC(=O)OC(COC(=O)CCC/C=C\C/C=C\C/C=C\C/C=C\C/C=C\CC)COC(=O)CCCCCCCCCCCCCCC. The summed E-state index contributed by atoms with van der Waals surface area (Å²) in [6, 6.07) is 0. The molecule has 0 rings (SSSR count). The Morgan fingerprint density at radius 2 is 0.714 bits per heavy atom. The molecule has 356 valence electrons. The third-order valence-corrected chi connectivity index (χ3v) is 10.4. The maximum absolute atomic E-state index is 12.8. The van der Waals surface area contributed by atoms with E-state index in [9.17, 15) is 14.4 Å². The second-order valence-electron chi connectivity index (χ2n) is 16.4. The Kier molecular flexibility index (Phi) is 47.5. The van der Waals surface area contributed by atoms with Crippen LogP contribution in [0, 0.1) is 0 Å². The van der Waals surface area contributed by atoms with E-state index >= 15 is 0 Å². The molecule has 0 aromatic rings. The van der Waals surface area contributed by atoms with E-state index in [1.54, 1.807) is 0 Å². The molecule has 0 radical (unpaired) electrons. The van der Waals surface area contributed by atoms with Gasteiger partial charge in [-0.25, -0.2) is 0 Å². The molecule has 0 saturated heterocycles. The van der Waals surface area contributed by atoms with Gasteiger partial charge in [-0.05, 0) is 77.0 Å². The van der Waals surface area contributed by atoms with Crippen molar-refractivity contribution < 1.29 is 28.6 Å². The lowest BCUT2D eigenvalue weighted by Gasteiger charge is -2.18. The second-order valence-corrected chi connectivity index (χ2v) is 16.4. The first kappa shape index (κ1) is 59.1. The standard InChI is InChI=1S/C57H92O6/c1-4-7-10-13-16-19-22-25-27-28-30-32-35-38-41-44-47-50-56(59)62-53-54(52-61-55(58)49-46-43-40-37-34-31-24-21-18-15-12-9-6-3)63-57(60)51-48-45-42-39-36-33-29-26-23-20-17-14-11-8-5-2/h7-8,10-11,14,16-17,19-20,23,25-27,29-30,32,38,41,54H,4-6,9,12-13,15,18,21-22,24,28,31,33-37,39-40,42-53H2,1-3H3/b10-7-,11-8-,17-14-,19-16-,23-20-,27-25-,29-26-,32-30-,41-38-. The average molecular weight is 873 g/mol. The highest BCUT2D eigenvalue weighted by Crippen LogP contribution is 2.14. The third-order valence-electron chi connectivity index (χ3n) is 10.4. The maximum Gasteiger partial charge on any atom is 0.306 e. The van der Waals surface area contributed by atoms with Crippen LogP contribution in [-0.2, 0) is 28.6 Å². The quantitative estimate of drug-likeness (QED) is 0.0199. The van der Waals surface area contributed by atoms with Gasteiger partial charge in [-0.2, -0.15) is 0 Å². The topological polar surface area (TPSA) is 78.9 Å². The number of hydrogen-bond acceptors (Lipinski definition) is 6. The number of carbonyl (C=O) groups is 3. The largest absolute Gasteiger partial charge is 0.462 e. The highest BCUT2D eigenvalue weighted by molar-refractivity contribution is 5.71. The number of rotatable bonds is 44. The molecule has 0 amide bonds. The van der Waals surface area contributed by atoms with Crippen LogP contribution >= 0.6 is 0 Å².